The van der Waals surface area contributed by atoms with Gasteiger partial charge < -0.3 is 19.8 Å². The van der Waals surface area contributed by atoms with Crippen LogP contribution >= 0.6 is 0 Å². The maximum absolute atomic E-state index is 13.9. The molecule has 2 N–H and O–H groups in total. The molecule has 3 heterocycles. The molecule has 0 saturated carbocycles. The van der Waals surface area contributed by atoms with Gasteiger partial charge in [0.2, 0.25) is 5.88 Å². The van der Waals surface area contributed by atoms with Crippen LogP contribution in [-0.2, 0) is 6.18 Å². The number of aromatic amines is 1. The van der Waals surface area contributed by atoms with Gasteiger partial charge in [0.25, 0.3) is 11.5 Å². The van der Waals surface area contributed by atoms with Crippen molar-refractivity contribution in [2.75, 3.05) is 7.11 Å². The van der Waals surface area contributed by atoms with Gasteiger partial charge in [0.15, 0.2) is 0 Å². The number of aromatic nitrogens is 2. The fourth-order valence-corrected chi connectivity index (χ4v) is 4.43. The van der Waals surface area contributed by atoms with Gasteiger partial charge in [-0.05, 0) is 54.8 Å². The monoisotopic (exact) mass is 521 g/mol. The summed E-state index contributed by atoms with van der Waals surface area (Å²) in [5, 5.41) is 2.83. The molecule has 0 radical (unpaired) electrons. The maximum Gasteiger partial charge on any atom is 0.431 e. The van der Waals surface area contributed by atoms with Crippen molar-refractivity contribution in [2.45, 2.75) is 26.1 Å². The van der Waals surface area contributed by atoms with E-state index in [9.17, 15) is 22.8 Å². The molecule has 1 amide bonds. The Morgan fingerprint density at radius 1 is 1.00 bits per heavy atom. The number of carbonyl (C=O) groups is 1. The number of alkyl halides is 3. The third-order valence-corrected chi connectivity index (χ3v) is 6.28. The highest BCUT2D eigenvalue weighted by Gasteiger charge is 2.37. The topological polar surface area (TPSA) is 93.3 Å². The number of hydrogen-bond donors (Lipinski definition) is 2. The molecule has 2 aromatic carbocycles. The Hall–Kier alpha value is -4.60. The number of carbonyl (C=O) groups excluding carboxylic acids is 1. The second kappa shape index (κ2) is 9.37. The fourth-order valence-electron chi connectivity index (χ4n) is 4.43. The smallest absolute Gasteiger partial charge is 0.431 e. The number of fused-ring (bicyclic) bond motifs is 2. The second-order valence-corrected chi connectivity index (χ2v) is 8.98. The Bertz CT molecular complexity index is 1580. The third-order valence-electron chi connectivity index (χ3n) is 6.28. The lowest BCUT2D eigenvalue weighted by atomic mass is 9.92. The zero-order chi connectivity index (χ0) is 27.2. The van der Waals surface area contributed by atoms with Crippen molar-refractivity contribution in [3.63, 3.8) is 0 Å². The Labute approximate surface area is 215 Å². The van der Waals surface area contributed by atoms with Gasteiger partial charge in [0.05, 0.1) is 13.2 Å². The molecule has 0 atom stereocenters. The molecule has 10 heteroatoms. The number of amides is 1. The molecule has 0 spiro atoms. The van der Waals surface area contributed by atoms with E-state index in [1.54, 1.807) is 0 Å². The summed E-state index contributed by atoms with van der Waals surface area (Å²) in [5.74, 6) is 0.319. The standard InChI is InChI=1S/C28H22F3N3O4/c1-14-4-6-17-21(10-14)38-22-11-15(2)5-7-18(22)24(17)33-26(35)20-13-19(16-8-9-32-23(12-16)37-3)25(28(29,30)31)34-27(20)36/h4-13,24H,1-3H3,(H,33,35)(H,34,36). The van der Waals surface area contributed by atoms with Gasteiger partial charge in [-0.15, -0.1) is 0 Å². The quantitative estimate of drug-likeness (QED) is 0.359. The molecule has 0 aliphatic carbocycles. The van der Waals surface area contributed by atoms with Crippen molar-refractivity contribution in [1.82, 2.24) is 15.3 Å². The molecule has 0 unspecified atom stereocenters. The van der Waals surface area contributed by atoms with E-state index in [1.807, 2.05) is 55.2 Å². The molecule has 0 bridgehead atoms. The fraction of sp³-hybridized carbons (Fsp3) is 0.179. The van der Waals surface area contributed by atoms with Crippen LogP contribution in [0.4, 0.5) is 13.2 Å². The van der Waals surface area contributed by atoms with Crippen molar-refractivity contribution >= 4 is 5.91 Å². The summed E-state index contributed by atoms with van der Waals surface area (Å²) in [6.45, 7) is 3.81. The van der Waals surface area contributed by atoms with Crippen LogP contribution < -0.4 is 20.3 Å². The van der Waals surface area contributed by atoms with Crippen LogP contribution in [0.5, 0.6) is 17.4 Å². The number of aryl methyl sites for hydroxylation is 2. The molecule has 2 aromatic heterocycles. The zero-order valence-electron chi connectivity index (χ0n) is 20.6. The van der Waals surface area contributed by atoms with E-state index < -0.39 is 34.9 Å². The minimum absolute atomic E-state index is 0.0715. The van der Waals surface area contributed by atoms with Crippen LogP contribution in [0.25, 0.3) is 11.1 Å². The average Bonchev–Trinajstić information content (AvgIpc) is 2.87. The summed E-state index contributed by atoms with van der Waals surface area (Å²) in [7, 11) is 1.33. The Morgan fingerprint density at radius 3 is 2.21 bits per heavy atom. The number of rotatable bonds is 4. The highest BCUT2D eigenvalue weighted by Crippen LogP contribution is 2.44. The lowest BCUT2D eigenvalue weighted by Gasteiger charge is -2.29. The number of nitrogens with one attached hydrogen (secondary N) is 2. The molecular weight excluding hydrogens is 499 g/mol. The van der Waals surface area contributed by atoms with E-state index >= 15 is 0 Å². The van der Waals surface area contributed by atoms with E-state index in [2.05, 4.69) is 10.3 Å². The third kappa shape index (κ3) is 4.60. The molecule has 4 aromatic rings. The zero-order valence-corrected chi connectivity index (χ0v) is 20.6. The highest BCUT2D eigenvalue weighted by atomic mass is 19.4. The van der Waals surface area contributed by atoms with Gasteiger partial charge in [-0.1, -0.05) is 24.3 Å². The van der Waals surface area contributed by atoms with Crippen LogP contribution in [0.3, 0.4) is 0 Å². The molecule has 1 aliphatic heterocycles. The number of H-pyrrole nitrogens is 1. The molecule has 38 heavy (non-hydrogen) atoms. The van der Waals surface area contributed by atoms with Crippen LogP contribution in [0, 0.1) is 13.8 Å². The van der Waals surface area contributed by atoms with E-state index in [-0.39, 0.29) is 17.0 Å². The Morgan fingerprint density at radius 2 is 1.63 bits per heavy atom. The molecule has 194 valence electrons. The molecule has 0 fully saturated rings. The second-order valence-electron chi connectivity index (χ2n) is 8.98. The predicted molar refractivity (Wildman–Crippen MR) is 134 cm³/mol. The van der Waals surface area contributed by atoms with E-state index in [0.717, 1.165) is 17.2 Å². The number of ether oxygens (including phenoxy) is 2. The Balaban J connectivity index is 1.61. The minimum atomic E-state index is -4.88. The number of nitrogens with zero attached hydrogens (tertiary/aromatic N) is 1. The van der Waals surface area contributed by atoms with E-state index in [0.29, 0.717) is 22.6 Å². The first kappa shape index (κ1) is 25.1. The summed E-state index contributed by atoms with van der Waals surface area (Å²) in [6.07, 6.45) is -3.60. The van der Waals surface area contributed by atoms with Crippen molar-refractivity contribution in [3.8, 4) is 28.5 Å². The first-order valence-electron chi connectivity index (χ1n) is 11.6. The first-order valence-corrected chi connectivity index (χ1v) is 11.6. The number of halogens is 3. The van der Waals surface area contributed by atoms with Crippen LogP contribution in [0.15, 0.2) is 65.6 Å². The summed E-state index contributed by atoms with van der Waals surface area (Å²) >= 11 is 0. The van der Waals surface area contributed by atoms with Crippen molar-refractivity contribution in [3.05, 3.63) is 105 Å². The van der Waals surface area contributed by atoms with E-state index in [4.69, 9.17) is 9.47 Å². The van der Waals surface area contributed by atoms with Crippen LogP contribution in [-0.4, -0.2) is 23.0 Å². The molecule has 1 aliphatic rings. The van der Waals surface area contributed by atoms with Crippen LogP contribution in [0.1, 0.15) is 44.3 Å². The molecule has 5 rings (SSSR count). The molecule has 7 nitrogen and oxygen atoms in total. The van der Waals surface area contributed by atoms with Crippen molar-refractivity contribution in [1.29, 1.82) is 0 Å². The van der Waals surface area contributed by atoms with Gasteiger partial charge in [-0.25, -0.2) is 4.98 Å². The largest absolute Gasteiger partial charge is 0.481 e. The summed E-state index contributed by atoms with van der Waals surface area (Å²) in [5.41, 5.74) is -0.0322. The van der Waals surface area contributed by atoms with Gasteiger partial charge >= 0.3 is 6.18 Å². The number of hydrogen-bond acceptors (Lipinski definition) is 5. The SMILES string of the molecule is COc1cc(-c2cc(C(=O)NC3c4ccc(C)cc4Oc4cc(C)ccc43)c(=O)[nH]c2C(F)(F)F)ccn1. The lowest BCUT2D eigenvalue weighted by molar-refractivity contribution is -0.140. The molecule has 0 saturated heterocycles. The number of pyridine rings is 2. The van der Waals surface area contributed by atoms with Crippen molar-refractivity contribution in [2.24, 2.45) is 0 Å². The highest BCUT2D eigenvalue weighted by molar-refractivity contribution is 5.96. The van der Waals surface area contributed by atoms with E-state index in [1.165, 1.54) is 25.4 Å². The van der Waals surface area contributed by atoms with Gasteiger partial charge in [-0.3, -0.25) is 9.59 Å². The Kier molecular flexibility index (Phi) is 6.18. The normalized spacial score (nSPS) is 12.8. The number of methoxy groups -OCH3 is 1. The summed E-state index contributed by atoms with van der Waals surface area (Å²) in [6, 6.07) is 13.9. The minimum Gasteiger partial charge on any atom is -0.481 e. The van der Waals surface area contributed by atoms with Gasteiger partial charge in [0.1, 0.15) is 22.8 Å². The van der Waals surface area contributed by atoms with Gasteiger partial charge in [-0.2, -0.15) is 13.2 Å². The van der Waals surface area contributed by atoms with Crippen molar-refractivity contribution < 1.29 is 27.4 Å². The predicted octanol–water partition coefficient (Wildman–Crippen LogP) is 5.71. The van der Waals surface area contributed by atoms with Gasteiger partial charge in [0, 0.05) is 29.0 Å². The molecular formula is C28H22F3N3O4. The number of benzene rings is 2. The van der Waals surface area contributed by atoms with Crippen LogP contribution in [0.2, 0.25) is 0 Å². The summed E-state index contributed by atoms with van der Waals surface area (Å²) in [4.78, 5) is 32.0. The maximum atomic E-state index is 13.9. The average molecular weight is 521 g/mol. The lowest BCUT2D eigenvalue weighted by Crippen LogP contribution is -2.35. The first-order chi connectivity index (χ1) is 18.0. The summed E-state index contributed by atoms with van der Waals surface area (Å²) < 4.78 is 52.7.